The summed E-state index contributed by atoms with van der Waals surface area (Å²) in [7, 11) is 0. The first kappa shape index (κ1) is 18.2. The van der Waals surface area contributed by atoms with E-state index in [2.05, 4.69) is 10.4 Å². The van der Waals surface area contributed by atoms with Gasteiger partial charge in [-0.1, -0.05) is 60.7 Å². The number of carbonyl (C=O) groups excluding carboxylic acids is 1. The normalized spacial score (nSPS) is 12.8. The number of nitrogens with one attached hydrogen (secondary N) is 1. The molecule has 1 heterocycles. The molecule has 1 aliphatic rings. The van der Waals surface area contributed by atoms with Crippen molar-refractivity contribution in [1.29, 1.82) is 0 Å². The van der Waals surface area contributed by atoms with Crippen molar-refractivity contribution in [2.24, 2.45) is 0 Å². The summed E-state index contributed by atoms with van der Waals surface area (Å²) in [6.07, 6.45) is 2.91. The van der Waals surface area contributed by atoms with Crippen LogP contribution in [0.2, 0.25) is 0 Å². The molecule has 1 N–H and O–H groups in total. The predicted octanol–water partition coefficient (Wildman–Crippen LogP) is 2.68. The molecule has 5 nitrogen and oxygen atoms in total. The molecule has 1 amide bonds. The zero-order valence-corrected chi connectivity index (χ0v) is 15.7. The molecule has 0 saturated heterocycles. The molecule has 0 aliphatic heterocycles. The standard InChI is InChI=1S/C23H23N3O2/c27-21-16-19-12-7-13-20(19)25-26(21)15-14-24-23(28)22(17-8-3-1-4-9-17)18-10-5-2-6-11-18/h1-6,8-11,16,22H,7,12-15H2,(H,24,28). The third-order valence-electron chi connectivity index (χ3n) is 5.17. The Hall–Kier alpha value is -3.21. The number of aryl methyl sites for hydroxylation is 2. The topological polar surface area (TPSA) is 64.0 Å². The zero-order chi connectivity index (χ0) is 19.3. The second kappa shape index (κ2) is 8.21. The van der Waals surface area contributed by atoms with Crippen LogP contribution in [0.4, 0.5) is 0 Å². The van der Waals surface area contributed by atoms with Crippen molar-refractivity contribution in [2.75, 3.05) is 6.54 Å². The summed E-state index contributed by atoms with van der Waals surface area (Å²) in [5.41, 5.74) is 3.87. The van der Waals surface area contributed by atoms with Gasteiger partial charge >= 0.3 is 0 Å². The van der Waals surface area contributed by atoms with Crippen LogP contribution in [0.15, 0.2) is 71.5 Å². The van der Waals surface area contributed by atoms with E-state index in [9.17, 15) is 9.59 Å². The minimum absolute atomic E-state index is 0.0772. The second-order valence-electron chi connectivity index (χ2n) is 7.08. The van der Waals surface area contributed by atoms with Crippen LogP contribution < -0.4 is 10.9 Å². The number of nitrogens with zero attached hydrogens (tertiary/aromatic N) is 2. The SMILES string of the molecule is O=C(NCCn1nc2c(cc1=O)CCC2)C(c1ccccc1)c1ccccc1. The van der Waals surface area contributed by atoms with Crippen LogP contribution in [0.5, 0.6) is 0 Å². The predicted molar refractivity (Wildman–Crippen MR) is 108 cm³/mol. The van der Waals surface area contributed by atoms with Crippen molar-refractivity contribution in [2.45, 2.75) is 31.7 Å². The molecule has 0 saturated carbocycles. The Morgan fingerprint density at radius 2 is 1.64 bits per heavy atom. The van der Waals surface area contributed by atoms with Gasteiger partial charge in [-0.05, 0) is 36.0 Å². The zero-order valence-electron chi connectivity index (χ0n) is 15.7. The first-order chi connectivity index (χ1) is 13.7. The van der Waals surface area contributed by atoms with E-state index in [0.29, 0.717) is 13.1 Å². The number of hydrogen-bond acceptors (Lipinski definition) is 3. The lowest BCUT2D eigenvalue weighted by molar-refractivity contribution is -0.121. The van der Waals surface area contributed by atoms with Gasteiger partial charge in [0.1, 0.15) is 0 Å². The van der Waals surface area contributed by atoms with E-state index in [4.69, 9.17) is 0 Å². The van der Waals surface area contributed by atoms with Crippen molar-refractivity contribution >= 4 is 5.91 Å². The number of carbonyl (C=O) groups is 1. The van der Waals surface area contributed by atoms with Gasteiger partial charge in [0.05, 0.1) is 18.2 Å². The number of amides is 1. The van der Waals surface area contributed by atoms with Gasteiger partial charge in [0.25, 0.3) is 5.56 Å². The van der Waals surface area contributed by atoms with E-state index in [-0.39, 0.29) is 17.4 Å². The van der Waals surface area contributed by atoms with E-state index < -0.39 is 0 Å². The molecule has 0 fully saturated rings. The summed E-state index contributed by atoms with van der Waals surface area (Å²) >= 11 is 0. The van der Waals surface area contributed by atoms with Gasteiger partial charge in [-0.25, -0.2) is 4.68 Å². The summed E-state index contributed by atoms with van der Waals surface area (Å²) < 4.78 is 1.46. The molecular weight excluding hydrogens is 350 g/mol. The first-order valence-corrected chi connectivity index (χ1v) is 9.70. The molecule has 0 bridgehead atoms. The number of benzene rings is 2. The highest BCUT2D eigenvalue weighted by atomic mass is 16.2. The lowest BCUT2D eigenvalue weighted by Gasteiger charge is -2.18. The molecule has 28 heavy (non-hydrogen) atoms. The highest BCUT2D eigenvalue weighted by Gasteiger charge is 2.22. The quantitative estimate of drug-likeness (QED) is 0.723. The van der Waals surface area contributed by atoms with E-state index in [1.165, 1.54) is 4.68 Å². The van der Waals surface area contributed by atoms with E-state index in [1.807, 2.05) is 60.7 Å². The maximum Gasteiger partial charge on any atom is 0.267 e. The summed E-state index contributed by atoms with van der Waals surface area (Å²) in [6, 6.07) is 21.2. The van der Waals surface area contributed by atoms with Gasteiger partial charge in [-0.15, -0.1) is 0 Å². The molecule has 4 rings (SSSR count). The molecule has 2 aromatic carbocycles. The largest absolute Gasteiger partial charge is 0.353 e. The lowest BCUT2D eigenvalue weighted by atomic mass is 9.90. The lowest BCUT2D eigenvalue weighted by Crippen LogP contribution is -2.35. The maximum atomic E-state index is 13.0. The van der Waals surface area contributed by atoms with Gasteiger partial charge in [-0.2, -0.15) is 5.10 Å². The molecule has 0 radical (unpaired) electrons. The molecular formula is C23H23N3O2. The summed E-state index contributed by atoms with van der Waals surface area (Å²) in [5, 5.41) is 7.45. The molecule has 0 spiro atoms. The molecule has 0 atom stereocenters. The number of aromatic nitrogens is 2. The van der Waals surface area contributed by atoms with Gasteiger partial charge in [0, 0.05) is 12.6 Å². The highest BCUT2D eigenvalue weighted by molar-refractivity contribution is 5.87. The smallest absolute Gasteiger partial charge is 0.267 e. The monoisotopic (exact) mass is 373 g/mol. The Kier molecular flexibility index (Phi) is 5.33. The van der Waals surface area contributed by atoms with E-state index >= 15 is 0 Å². The van der Waals surface area contributed by atoms with Crippen molar-refractivity contribution in [1.82, 2.24) is 15.1 Å². The Bertz CT molecular complexity index is 974. The van der Waals surface area contributed by atoms with Gasteiger partial charge in [0.2, 0.25) is 5.91 Å². The van der Waals surface area contributed by atoms with Crippen LogP contribution in [0, 0.1) is 0 Å². The van der Waals surface area contributed by atoms with Gasteiger partial charge in [-0.3, -0.25) is 9.59 Å². The van der Waals surface area contributed by atoms with Crippen LogP contribution in [0.1, 0.15) is 34.7 Å². The molecule has 0 unspecified atom stereocenters. The third kappa shape index (κ3) is 3.88. The fourth-order valence-electron chi connectivity index (χ4n) is 3.77. The third-order valence-corrected chi connectivity index (χ3v) is 5.17. The van der Waals surface area contributed by atoms with Crippen molar-refractivity contribution in [3.63, 3.8) is 0 Å². The van der Waals surface area contributed by atoms with Crippen LogP contribution in [0.3, 0.4) is 0 Å². The minimum atomic E-state index is -0.382. The fourth-order valence-corrected chi connectivity index (χ4v) is 3.77. The molecule has 142 valence electrons. The van der Waals surface area contributed by atoms with Gasteiger partial charge in [0.15, 0.2) is 0 Å². The van der Waals surface area contributed by atoms with E-state index in [0.717, 1.165) is 41.6 Å². The molecule has 3 aromatic rings. The number of rotatable bonds is 6. The minimum Gasteiger partial charge on any atom is -0.353 e. The number of hydrogen-bond donors (Lipinski definition) is 1. The summed E-state index contributed by atoms with van der Waals surface area (Å²) in [6.45, 7) is 0.731. The van der Waals surface area contributed by atoms with Crippen molar-refractivity contribution in [3.8, 4) is 0 Å². The second-order valence-corrected chi connectivity index (χ2v) is 7.08. The first-order valence-electron chi connectivity index (χ1n) is 9.70. The average Bonchev–Trinajstić information content (AvgIpc) is 3.17. The fraction of sp³-hybridized carbons (Fsp3) is 0.261. The number of fused-ring (bicyclic) bond motifs is 1. The van der Waals surface area contributed by atoms with Crippen molar-refractivity contribution in [3.05, 3.63) is 99.5 Å². The van der Waals surface area contributed by atoms with Crippen LogP contribution in [-0.2, 0) is 24.2 Å². The van der Waals surface area contributed by atoms with Crippen LogP contribution in [0.25, 0.3) is 0 Å². The molecule has 1 aromatic heterocycles. The highest BCUT2D eigenvalue weighted by Crippen LogP contribution is 2.24. The summed E-state index contributed by atoms with van der Waals surface area (Å²) in [4.78, 5) is 25.2. The molecule has 1 aliphatic carbocycles. The van der Waals surface area contributed by atoms with Crippen molar-refractivity contribution < 1.29 is 4.79 Å². The maximum absolute atomic E-state index is 13.0. The van der Waals surface area contributed by atoms with E-state index in [1.54, 1.807) is 6.07 Å². The Balaban J connectivity index is 1.48. The van der Waals surface area contributed by atoms with Crippen LogP contribution >= 0.6 is 0 Å². The summed E-state index contributed by atoms with van der Waals surface area (Å²) in [5.74, 6) is -0.460. The Labute approximate surface area is 164 Å². The van der Waals surface area contributed by atoms with Gasteiger partial charge < -0.3 is 5.32 Å². The Morgan fingerprint density at radius 3 is 2.29 bits per heavy atom. The Morgan fingerprint density at radius 1 is 1.00 bits per heavy atom. The van der Waals surface area contributed by atoms with Crippen LogP contribution in [-0.4, -0.2) is 22.2 Å². The molecule has 5 heteroatoms. The average molecular weight is 373 g/mol.